The zero-order valence-corrected chi connectivity index (χ0v) is 17.4. The number of rotatable bonds is 9. The Bertz CT molecular complexity index is 994. The summed E-state index contributed by atoms with van der Waals surface area (Å²) in [7, 11) is 1.46. The van der Waals surface area contributed by atoms with Crippen molar-refractivity contribution in [1.29, 1.82) is 0 Å². The first-order valence-corrected chi connectivity index (χ1v) is 9.49. The highest BCUT2D eigenvalue weighted by molar-refractivity contribution is 6.35. The number of nitrogens with one attached hydrogen (secondary N) is 3. The Kier molecular flexibility index (Phi) is 9.36. The van der Waals surface area contributed by atoms with E-state index in [0.29, 0.717) is 11.3 Å². The minimum Gasteiger partial charge on any atom is -0.484 e. The molecule has 33 heavy (non-hydrogen) atoms. The van der Waals surface area contributed by atoms with Crippen molar-refractivity contribution < 1.29 is 37.0 Å². The third-order valence-electron chi connectivity index (χ3n) is 3.90. The van der Waals surface area contributed by atoms with E-state index in [1.165, 1.54) is 37.6 Å². The van der Waals surface area contributed by atoms with E-state index in [0.717, 1.165) is 12.1 Å². The summed E-state index contributed by atoms with van der Waals surface area (Å²) in [5.74, 6) is -2.09. The number of halogens is 3. The van der Waals surface area contributed by atoms with Crippen molar-refractivity contribution in [3.05, 3.63) is 59.7 Å². The molecule has 2 rings (SSSR count). The number of carbonyl (C=O) groups is 3. The van der Waals surface area contributed by atoms with Gasteiger partial charge in [-0.2, -0.15) is 18.3 Å². The van der Waals surface area contributed by atoms with Crippen molar-refractivity contribution in [3.8, 4) is 5.75 Å². The number of hydrogen-bond acceptors (Lipinski definition) is 6. The van der Waals surface area contributed by atoms with Crippen LogP contribution in [-0.4, -0.2) is 50.8 Å². The molecular formula is C21H21F3N4O5. The molecule has 0 heterocycles. The molecule has 0 aliphatic heterocycles. The molecule has 0 fully saturated rings. The van der Waals surface area contributed by atoms with Gasteiger partial charge in [0.05, 0.1) is 18.4 Å². The van der Waals surface area contributed by atoms with E-state index in [-0.39, 0.29) is 18.8 Å². The van der Waals surface area contributed by atoms with E-state index in [4.69, 9.17) is 9.47 Å². The predicted molar refractivity (Wildman–Crippen MR) is 113 cm³/mol. The third-order valence-corrected chi connectivity index (χ3v) is 3.90. The lowest BCUT2D eigenvalue weighted by Gasteiger charge is -2.10. The van der Waals surface area contributed by atoms with Gasteiger partial charge in [0.15, 0.2) is 6.61 Å². The number of hydrazone groups is 1. The van der Waals surface area contributed by atoms with Crippen LogP contribution in [0.2, 0.25) is 0 Å². The van der Waals surface area contributed by atoms with Crippen LogP contribution >= 0.6 is 0 Å². The number of hydrogen-bond donors (Lipinski definition) is 3. The van der Waals surface area contributed by atoms with Crippen LogP contribution in [0.25, 0.3) is 0 Å². The molecule has 9 nitrogen and oxygen atoms in total. The first kappa shape index (κ1) is 25.3. The van der Waals surface area contributed by atoms with Gasteiger partial charge in [0, 0.05) is 19.3 Å². The highest BCUT2D eigenvalue weighted by Gasteiger charge is 2.30. The largest absolute Gasteiger partial charge is 0.484 e. The molecule has 0 saturated carbocycles. The molecule has 3 amide bonds. The van der Waals surface area contributed by atoms with Crippen LogP contribution in [-0.2, 0) is 25.3 Å². The molecule has 0 atom stereocenters. The van der Waals surface area contributed by atoms with Gasteiger partial charge >= 0.3 is 18.0 Å². The number of anilines is 1. The average Bonchev–Trinajstić information content (AvgIpc) is 2.78. The fourth-order valence-corrected chi connectivity index (χ4v) is 2.33. The van der Waals surface area contributed by atoms with Crippen LogP contribution in [0.4, 0.5) is 18.9 Å². The Labute approximate surface area is 186 Å². The number of benzene rings is 2. The molecule has 12 heteroatoms. The number of nitrogens with zero attached hydrogens (tertiary/aromatic N) is 1. The maximum atomic E-state index is 12.7. The fraction of sp³-hybridized carbons (Fsp3) is 0.238. The number of amides is 3. The van der Waals surface area contributed by atoms with Gasteiger partial charge in [-0.3, -0.25) is 14.4 Å². The minimum atomic E-state index is -4.51. The zero-order valence-electron chi connectivity index (χ0n) is 17.4. The molecule has 0 saturated heterocycles. The van der Waals surface area contributed by atoms with Gasteiger partial charge < -0.3 is 20.1 Å². The second kappa shape index (κ2) is 12.2. The van der Waals surface area contributed by atoms with Crippen molar-refractivity contribution in [2.45, 2.75) is 6.18 Å². The molecule has 0 unspecified atom stereocenters. The SMILES string of the molecule is COCCNC(=O)C(=O)N/N=C\c1ccc(OCC(=O)Nc2cccc(C(F)(F)F)c2)cc1. The molecule has 0 aromatic heterocycles. The summed E-state index contributed by atoms with van der Waals surface area (Å²) in [5, 5.41) is 8.34. The van der Waals surface area contributed by atoms with E-state index < -0.39 is 36.1 Å². The zero-order chi connectivity index (χ0) is 24.3. The van der Waals surface area contributed by atoms with Crippen LogP contribution in [0.15, 0.2) is 53.6 Å². The summed E-state index contributed by atoms with van der Waals surface area (Å²) in [4.78, 5) is 34.9. The van der Waals surface area contributed by atoms with Crippen LogP contribution in [0.5, 0.6) is 5.75 Å². The fourth-order valence-electron chi connectivity index (χ4n) is 2.33. The summed E-state index contributed by atoms with van der Waals surface area (Å²) < 4.78 is 48.2. The minimum absolute atomic E-state index is 0.000546. The summed E-state index contributed by atoms with van der Waals surface area (Å²) in [6.45, 7) is 0.0351. The molecule has 0 spiro atoms. The van der Waals surface area contributed by atoms with E-state index in [1.807, 2.05) is 0 Å². The monoisotopic (exact) mass is 466 g/mol. The molecule has 2 aromatic rings. The average molecular weight is 466 g/mol. The molecule has 2 aromatic carbocycles. The normalized spacial score (nSPS) is 11.2. The number of ether oxygens (including phenoxy) is 2. The summed E-state index contributed by atoms with van der Waals surface area (Å²) in [6, 6.07) is 10.5. The molecule has 0 aliphatic rings. The molecule has 3 N–H and O–H groups in total. The lowest BCUT2D eigenvalue weighted by molar-refractivity contribution is -0.139. The summed E-state index contributed by atoms with van der Waals surface area (Å²) in [5.41, 5.74) is 1.76. The summed E-state index contributed by atoms with van der Waals surface area (Å²) in [6.07, 6.45) is -3.22. The Balaban J connectivity index is 1.79. The van der Waals surface area contributed by atoms with Crippen molar-refractivity contribution in [2.24, 2.45) is 5.10 Å². The molecule has 176 valence electrons. The van der Waals surface area contributed by atoms with Crippen LogP contribution in [0, 0.1) is 0 Å². The van der Waals surface area contributed by atoms with Gasteiger partial charge in [-0.25, -0.2) is 5.43 Å². The van der Waals surface area contributed by atoms with E-state index in [9.17, 15) is 27.6 Å². The molecular weight excluding hydrogens is 445 g/mol. The van der Waals surface area contributed by atoms with Gasteiger partial charge in [-0.15, -0.1) is 0 Å². The maximum absolute atomic E-state index is 12.7. The lowest BCUT2D eigenvalue weighted by atomic mass is 10.2. The number of alkyl halides is 3. The van der Waals surface area contributed by atoms with E-state index in [2.05, 4.69) is 21.2 Å². The standard InChI is InChI=1S/C21H21F3N4O5/c1-32-10-9-25-19(30)20(31)28-26-12-14-5-7-17(8-6-14)33-13-18(29)27-16-4-2-3-15(11-16)21(22,23)24/h2-8,11-12H,9-10,13H2,1H3,(H,25,30)(H,27,29)(H,28,31)/b26-12-. The third kappa shape index (κ3) is 8.99. The second-order valence-electron chi connectivity index (χ2n) is 6.43. The molecule has 0 aliphatic carbocycles. The Hall–Kier alpha value is -3.93. The van der Waals surface area contributed by atoms with Crippen molar-refractivity contribution in [1.82, 2.24) is 10.7 Å². The molecule has 0 bridgehead atoms. The van der Waals surface area contributed by atoms with E-state index in [1.54, 1.807) is 12.1 Å². The second-order valence-corrected chi connectivity index (χ2v) is 6.43. The van der Waals surface area contributed by atoms with Crippen molar-refractivity contribution >= 4 is 29.6 Å². The quantitative estimate of drug-likeness (QED) is 0.226. The predicted octanol–water partition coefficient (Wildman–Crippen LogP) is 1.94. The van der Waals surface area contributed by atoms with Crippen LogP contribution < -0.4 is 20.8 Å². The Morgan fingerprint density at radius 2 is 1.79 bits per heavy atom. The highest BCUT2D eigenvalue weighted by Crippen LogP contribution is 2.30. The van der Waals surface area contributed by atoms with E-state index >= 15 is 0 Å². The first-order valence-electron chi connectivity index (χ1n) is 9.49. The molecule has 0 radical (unpaired) electrons. The maximum Gasteiger partial charge on any atom is 0.416 e. The smallest absolute Gasteiger partial charge is 0.416 e. The van der Waals surface area contributed by atoms with Gasteiger partial charge in [0.2, 0.25) is 0 Å². The van der Waals surface area contributed by atoms with Gasteiger partial charge in [0.1, 0.15) is 5.75 Å². The van der Waals surface area contributed by atoms with Gasteiger partial charge in [0.25, 0.3) is 5.91 Å². The summed E-state index contributed by atoms with van der Waals surface area (Å²) >= 11 is 0. The number of methoxy groups -OCH3 is 1. The van der Waals surface area contributed by atoms with Crippen molar-refractivity contribution in [3.63, 3.8) is 0 Å². The number of carbonyl (C=O) groups excluding carboxylic acids is 3. The Morgan fingerprint density at radius 3 is 2.45 bits per heavy atom. The highest BCUT2D eigenvalue weighted by atomic mass is 19.4. The van der Waals surface area contributed by atoms with Crippen LogP contribution in [0.3, 0.4) is 0 Å². The van der Waals surface area contributed by atoms with Crippen molar-refractivity contribution in [2.75, 3.05) is 32.2 Å². The lowest BCUT2D eigenvalue weighted by Crippen LogP contribution is -2.39. The van der Waals surface area contributed by atoms with Gasteiger partial charge in [-0.1, -0.05) is 6.07 Å². The van der Waals surface area contributed by atoms with Gasteiger partial charge in [-0.05, 0) is 48.0 Å². The Morgan fingerprint density at radius 1 is 1.06 bits per heavy atom. The topological polar surface area (TPSA) is 118 Å². The first-order chi connectivity index (χ1) is 15.7. The van der Waals surface area contributed by atoms with Crippen LogP contribution in [0.1, 0.15) is 11.1 Å².